The number of H-pyrrole nitrogens is 1. The van der Waals surface area contributed by atoms with E-state index >= 15 is 0 Å². The third-order valence-corrected chi connectivity index (χ3v) is 4.73. The van der Waals surface area contributed by atoms with Crippen LogP contribution in [-0.4, -0.2) is 16.7 Å². The van der Waals surface area contributed by atoms with Gasteiger partial charge in [0.1, 0.15) is 5.75 Å². The number of aromatic amines is 1. The smallest absolute Gasteiger partial charge is 0.307 e. The molecular formula is C19H19NO3S. The van der Waals surface area contributed by atoms with Gasteiger partial charge in [-0.2, -0.15) is 0 Å². The van der Waals surface area contributed by atoms with Crippen LogP contribution in [0.4, 0.5) is 0 Å². The number of ether oxygens (including phenoxy) is 1. The first-order valence-corrected chi connectivity index (χ1v) is 8.61. The molecule has 1 heterocycles. The molecule has 1 unspecified atom stereocenters. The van der Waals surface area contributed by atoms with Crippen molar-refractivity contribution in [3.8, 4) is 11.6 Å². The van der Waals surface area contributed by atoms with Crippen molar-refractivity contribution in [1.29, 1.82) is 0 Å². The topological polar surface area (TPSA) is 62.3 Å². The number of benzene rings is 2. The highest BCUT2D eigenvalue weighted by molar-refractivity contribution is 7.09. The molecule has 0 radical (unpaired) electrons. The first kappa shape index (κ1) is 16.3. The highest BCUT2D eigenvalue weighted by Gasteiger charge is 2.09. The van der Waals surface area contributed by atoms with Gasteiger partial charge in [0.25, 0.3) is 0 Å². The quantitative estimate of drug-likeness (QED) is 0.714. The Morgan fingerprint density at radius 3 is 2.46 bits per heavy atom. The van der Waals surface area contributed by atoms with Crippen LogP contribution in [0.15, 0.2) is 59.4 Å². The average Bonchev–Trinajstić information content (AvgIpc) is 2.92. The Labute approximate surface area is 144 Å². The summed E-state index contributed by atoms with van der Waals surface area (Å²) in [4.78, 5) is 14.0. The minimum atomic E-state index is -0.239. The second-order valence-corrected chi connectivity index (χ2v) is 6.80. The molecule has 0 saturated carbocycles. The summed E-state index contributed by atoms with van der Waals surface area (Å²) >= 11 is 1.03. The summed E-state index contributed by atoms with van der Waals surface area (Å²) in [6, 6.07) is 18.0. The van der Waals surface area contributed by atoms with Crippen molar-refractivity contribution in [2.24, 2.45) is 0 Å². The van der Waals surface area contributed by atoms with Crippen LogP contribution in [0.25, 0.3) is 0 Å². The predicted octanol–water partition coefficient (Wildman–Crippen LogP) is 3.92. The molecule has 4 nitrogen and oxygen atoms in total. The lowest BCUT2D eigenvalue weighted by molar-refractivity contribution is 0.296. The number of aromatic nitrogens is 1. The summed E-state index contributed by atoms with van der Waals surface area (Å²) in [5.74, 6) is 1.09. The van der Waals surface area contributed by atoms with Crippen molar-refractivity contribution >= 4 is 11.3 Å². The van der Waals surface area contributed by atoms with Crippen molar-refractivity contribution in [3.05, 3.63) is 80.3 Å². The Kier molecular flexibility index (Phi) is 5.01. The van der Waals surface area contributed by atoms with E-state index in [-0.39, 0.29) is 10.8 Å². The lowest BCUT2D eigenvalue weighted by Gasteiger charge is -2.13. The first-order valence-electron chi connectivity index (χ1n) is 7.79. The summed E-state index contributed by atoms with van der Waals surface area (Å²) in [5, 5.41) is 9.63. The van der Waals surface area contributed by atoms with Gasteiger partial charge in [0.15, 0.2) is 0 Å². The van der Waals surface area contributed by atoms with Gasteiger partial charge < -0.3 is 9.84 Å². The number of hydrogen-bond acceptors (Lipinski definition) is 4. The lowest BCUT2D eigenvalue weighted by atomic mass is 10.0. The fraction of sp³-hybridized carbons (Fsp3) is 0.211. The van der Waals surface area contributed by atoms with Crippen molar-refractivity contribution < 1.29 is 9.84 Å². The number of nitrogens with one attached hydrogen (secondary N) is 1. The van der Waals surface area contributed by atoms with Crippen molar-refractivity contribution in [1.82, 2.24) is 4.98 Å². The van der Waals surface area contributed by atoms with E-state index in [1.807, 2.05) is 42.5 Å². The van der Waals surface area contributed by atoms with Crippen LogP contribution < -0.4 is 9.61 Å². The molecule has 0 spiro atoms. The van der Waals surface area contributed by atoms with Crippen LogP contribution in [0, 0.1) is 0 Å². The molecule has 0 aliphatic heterocycles. The summed E-state index contributed by atoms with van der Waals surface area (Å²) in [6.45, 7) is 2.75. The molecular weight excluding hydrogens is 322 g/mol. The molecule has 1 aromatic heterocycles. The van der Waals surface area contributed by atoms with Crippen LogP contribution >= 0.6 is 11.3 Å². The Morgan fingerprint density at radius 1 is 1.12 bits per heavy atom. The fourth-order valence-electron chi connectivity index (χ4n) is 2.46. The molecule has 2 aromatic carbocycles. The molecule has 3 rings (SSSR count). The number of rotatable bonds is 6. The van der Waals surface area contributed by atoms with E-state index in [4.69, 9.17) is 4.74 Å². The normalized spacial score (nSPS) is 12.0. The summed E-state index contributed by atoms with van der Waals surface area (Å²) in [6.07, 6.45) is 0.524. The number of thiazole rings is 1. The number of hydrogen-bond donors (Lipinski definition) is 2. The minimum Gasteiger partial charge on any atom is -0.494 e. The first-order chi connectivity index (χ1) is 11.6. The van der Waals surface area contributed by atoms with E-state index in [1.165, 1.54) is 5.56 Å². The molecule has 0 aliphatic carbocycles. The van der Waals surface area contributed by atoms with Crippen molar-refractivity contribution in [2.75, 3.05) is 6.61 Å². The Bertz CT molecular complexity index is 837. The van der Waals surface area contributed by atoms with Gasteiger partial charge in [0.05, 0.1) is 11.5 Å². The summed E-state index contributed by atoms with van der Waals surface area (Å²) in [5.41, 5.74) is 2.27. The number of aromatic hydroxyl groups is 1. The zero-order chi connectivity index (χ0) is 16.9. The van der Waals surface area contributed by atoms with Crippen molar-refractivity contribution in [3.63, 3.8) is 0 Å². The highest BCUT2D eigenvalue weighted by Crippen LogP contribution is 2.22. The molecule has 2 N–H and O–H groups in total. The molecule has 1 atom stereocenters. The van der Waals surface area contributed by atoms with Gasteiger partial charge in [-0.15, -0.1) is 0 Å². The van der Waals surface area contributed by atoms with Gasteiger partial charge in [-0.1, -0.05) is 60.7 Å². The van der Waals surface area contributed by atoms with Crippen LogP contribution in [0.2, 0.25) is 0 Å². The Hall–Kier alpha value is -2.53. The highest BCUT2D eigenvalue weighted by atomic mass is 32.1. The molecule has 3 aromatic rings. The van der Waals surface area contributed by atoms with E-state index < -0.39 is 0 Å². The maximum absolute atomic E-state index is 11.2. The second kappa shape index (κ2) is 7.36. The van der Waals surface area contributed by atoms with Gasteiger partial charge in [-0.3, -0.25) is 9.78 Å². The van der Waals surface area contributed by atoms with E-state index in [1.54, 1.807) is 0 Å². The van der Waals surface area contributed by atoms with Crippen LogP contribution in [0.5, 0.6) is 11.6 Å². The minimum absolute atomic E-state index is 0.0398. The molecule has 24 heavy (non-hydrogen) atoms. The molecule has 0 amide bonds. The van der Waals surface area contributed by atoms with Gasteiger partial charge >= 0.3 is 4.87 Å². The maximum atomic E-state index is 11.2. The third kappa shape index (κ3) is 4.06. The predicted molar refractivity (Wildman–Crippen MR) is 96.2 cm³/mol. The van der Waals surface area contributed by atoms with Crippen LogP contribution in [0.1, 0.15) is 28.8 Å². The standard InChI is InChI=1S/C19H19NO3S/c1-13(15-5-3-2-4-6-15)12-23-16-9-7-14(8-10-16)11-17-18(21)20-19(22)24-17/h2-10,13,21H,11-12H2,1H3,(H,20,22). The average molecular weight is 341 g/mol. The Balaban J connectivity index is 1.58. The molecule has 0 fully saturated rings. The van der Waals surface area contributed by atoms with E-state index in [0.717, 1.165) is 22.6 Å². The molecule has 0 bridgehead atoms. The molecule has 124 valence electrons. The fourth-order valence-corrected chi connectivity index (χ4v) is 3.22. The van der Waals surface area contributed by atoms with E-state index in [2.05, 4.69) is 24.0 Å². The van der Waals surface area contributed by atoms with Crippen LogP contribution in [-0.2, 0) is 6.42 Å². The van der Waals surface area contributed by atoms with Gasteiger partial charge in [0.2, 0.25) is 5.88 Å². The SMILES string of the molecule is CC(COc1ccc(Cc2sc(=O)[nH]c2O)cc1)c1ccccc1. The summed E-state index contributed by atoms with van der Waals surface area (Å²) < 4.78 is 5.85. The lowest BCUT2D eigenvalue weighted by Crippen LogP contribution is -2.06. The zero-order valence-corrected chi connectivity index (χ0v) is 14.2. The molecule has 5 heteroatoms. The zero-order valence-electron chi connectivity index (χ0n) is 13.4. The van der Waals surface area contributed by atoms with Crippen molar-refractivity contribution in [2.45, 2.75) is 19.3 Å². The monoisotopic (exact) mass is 341 g/mol. The Morgan fingerprint density at radius 2 is 1.83 bits per heavy atom. The van der Waals surface area contributed by atoms with E-state index in [0.29, 0.717) is 23.8 Å². The largest absolute Gasteiger partial charge is 0.494 e. The maximum Gasteiger partial charge on any atom is 0.307 e. The van der Waals surface area contributed by atoms with E-state index in [9.17, 15) is 9.90 Å². The van der Waals surface area contributed by atoms with Gasteiger partial charge in [-0.05, 0) is 23.3 Å². The van der Waals surface area contributed by atoms with Gasteiger partial charge in [-0.25, -0.2) is 0 Å². The van der Waals surface area contributed by atoms with Gasteiger partial charge in [0, 0.05) is 12.3 Å². The molecule has 0 saturated heterocycles. The second-order valence-electron chi connectivity index (χ2n) is 5.73. The van der Waals surface area contributed by atoms with Crippen LogP contribution in [0.3, 0.4) is 0 Å². The summed E-state index contributed by atoms with van der Waals surface area (Å²) in [7, 11) is 0. The molecule has 0 aliphatic rings. The third-order valence-electron chi connectivity index (χ3n) is 3.86.